The van der Waals surface area contributed by atoms with Crippen molar-refractivity contribution in [2.45, 2.75) is 18.6 Å². The molecule has 120 valence electrons. The van der Waals surface area contributed by atoms with Crippen LogP contribution in [0.2, 0.25) is 0 Å². The van der Waals surface area contributed by atoms with E-state index in [1.165, 1.54) is 12.1 Å². The van der Waals surface area contributed by atoms with E-state index in [1.807, 2.05) is 0 Å². The fourth-order valence-corrected chi connectivity index (χ4v) is 2.80. The fourth-order valence-electron chi connectivity index (χ4n) is 2.05. The molecule has 1 fully saturated rings. The molecule has 0 bridgehead atoms. The van der Waals surface area contributed by atoms with E-state index in [-0.39, 0.29) is 22.7 Å². The molecular weight excluding hydrogens is 325 g/mol. The molecule has 0 aromatic carbocycles. The minimum atomic E-state index is -4.49. The molecule has 22 heavy (non-hydrogen) atoms. The molecule has 0 radical (unpaired) electrons. The lowest BCUT2D eigenvalue weighted by Crippen LogP contribution is -2.43. The summed E-state index contributed by atoms with van der Waals surface area (Å²) < 4.78 is 36.8. The Bertz CT molecular complexity index is 614. The lowest BCUT2D eigenvalue weighted by molar-refractivity contribution is -0.157. The number of alkyl halides is 3. The van der Waals surface area contributed by atoms with Gasteiger partial charge in [-0.1, -0.05) is 0 Å². The summed E-state index contributed by atoms with van der Waals surface area (Å²) in [6.07, 6.45) is -4.41. The highest BCUT2D eigenvalue weighted by Gasteiger charge is 2.39. The largest absolute Gasteiger partial charge is 0.477 e. The number of nitrogens with one attached hydrogen (secondary N) is 1. The van der Waals surface area contributed by atoms with Gasteiger partial charge in [0.25, 0.3) is 5.91 Å². The van der Waals surface area contributed by atoms with Gasteiger partial charge in [0, 0.05) is 6.54 Å². The van der Waals surface area contributed by atoms with Gasteiger partial charge in [0.1, 0.15) is 17.5 Å². The number of carboxylic acid groups (broad SMARTS) is 1. The van der Waals surface area contributed by atoms with Crippen molar-refractivity contribution in [1.82, 2.24) is 10.2 Å². The minimum Gasteiger partial charge on any atom is -0.477 e. The number of nitrogens with zero attached hydrogens (tertiary/aromatic N) is 1. The quantitative estimate of drug-likeness (QED) is 0.869. The number of likely N-dealkylation sites (tertiary alicyclic amines) is 1. The van der Waals surface area contributed by atoms with Crippen molar-refractivity contribution in [2.75, 3.05) is 13.1 Å². The number of aromatic carboxylic acids is 1. The van der Waals surface area contributed by atoms with Gasteiger partial charge in [0.15, 0.2) is 0 Å². The maximum absolute atomic E-state index is 12.3. The summed E-state index contributed by atoms with van der Waals surface area (Å²) >= 11 is 0.728. The van der Waals surface area contributed by atoms with Gasteiger partial charge < -0.3 is 15.3 Å². The molecule has 1 saturated heterocycles. The van der Waals surface area contributed by atoms with E-state index in [0.29, 0.717) is 4.90 Å². The zero-order valence-electron chi connectivity index (χ0n) is 11.0. The van der Waals surface area contributed by atoms with Gasteiger partial charge in [-0.2, -0.15) is 13.2 Å². The Balaban J connectivity index is 1.97. The van der Waals surface area contributed by atoms with Crippen LogP contribution in [0, 0.1) is 0 Å². The number of carbonyl (C=O) groups excluding carboxylic acids is 2. The normalized spacial score (nSPS) is 18.6. The Morgan fingerprint density at radius 1 is 1.36 bits per heavy atom. The highest BCUT2D eigenvalue weighted by molar-refractivity contribution is 7.15. The van der Waals surface area contributed by atoms with Gasteiger partial charge >= 0.3 is 12.1 Å². The molecule has 0 unspecified atom stereocenters. The number of hydrogen-bond acceptors (Lipinski definition) is 4. The highest BCUT2D eigenvalue weighted by Crippen LogP contribution is 2.22. The predicted octanol–water partition coefficient (Wildman–Crippen LogP) is 1.34. The Morgan fingerprint density at radius 3 is 2.55 bits per heavy atom. The zero-order chi connectivity index (χ0) is 16.5. The summed E-state index contributed by atoms with van der Waals surface area (Å²) in [5.41, 5.74) is 0. The second kappa shape index (κ2) is 5.95. The van der Waals surface area contributed by atoms with Crippen LogP contribution in [0.3, 0.4) is 0 Å². The van der Waals surface area contributed by atoms with Crippen LogP contribution >= 0.6 is 11.3 Å². The number of carbonyl (C=O) groups is 3. The third-order valence-corrected chi connectivity index (χ3v) is 4.09. The maximum atomic E-state index is 12.3. The van der Waals surface area contributed by atoms with Crippen molar-refractivity contribution in [3.63, 3.8) is 0 Å². The second-order valence-corrected chi connectivity index (χ2v) is 5.74. The summed E-state index contributed by atoms with van der Waals surface area (Å²) in [6, 6.07) is 1.51. The monoisotopic (exact) mass is 336 g/mol. The van der Waals surface area contributed by atoms with E-state index in [9.17, 15) is 27.6 Å². The molecule has 0 saturated carbocycles. The first kappa shape index (κ1) is 16.3. The van der Waals surface area contributed by atoms with Crippen molar-refractivity contribution in [3.8, 4) is 0 Å². The van der Waals surface area contributed by atoms with E-state index in [2.05, 4.69) is 5.32 Å². The van der Waals surface area contributed by atoms with Crippen molar-refractivity contribution in [3.05, 3.63) is 21.9 Å². The first-order chi connectivity index (χ1) is 10.2. The third kappa shape index (κ3) is 3.75. The number of thiophene rings is 1. The fraction of sp³-hybridized carbons (Fsp3) is 0.417. The average molecular weight is 336 g/mol. The van der Waals surface area contributed by atoms with Crippen LogP contribution in [0.25, 0.3) is 0 Å². The molecule has 1 aromatic rings. The van der Waals surface area contributed by atoms with Gasteiger partial charge in [-0.15, -0.1) is 11.3 Å². The molecule has 1 atom stereocenters. The summed E-state index contributed by atoms with van der Waals surface area (Å²) in [5, 5.41) is 11.1. The van der Waals surface area contributed by atoms with Crippen molar-refractivity contribution in [2.24, 2.45) is 0 Å². The highest BCUT2D eigenvalue weighted by atomic mass is 32.1. The minimum absolute atomic E-state index is 0.0402. The van der Waals surface area contributed by atoms with Gasteiger partial charge in [0.2, 0.25) is 5.91 Å². The topological polar surface area (TPSA) is 86.7 Å². The molecule has 2 rings (SSSR count). The lowest BCUT2D eigenvalue weighted by atomic mass is 10.2. The number of rotatable bonds is 4. The standard InChI is InChI=1S/C12H11F3N2O4S/c13-12(14,15)5-17-4-3-6(10(17)19)16-9(18)7-1-2-8(22-7)11(20)21/h1-2,6H,3-5H2,(H,16,18)(H,20,21)/t6-/m1/s1. The molecule has 2 N–H and O–H groups in total. The molecule has 0 spiro atoms. The average Bonchev–Trinajstić information content (AvgIpc) is 2.99. The lowest BCUT2D eigenvalue weighted by Gasteiger charge is -2.18. The Kier molecular flexibility index (Phi) is 4.40. The smallest absolute Gasteiger partial charge is 0.406 e. The Hall–Kier alpha value is -2.10. The maximum Gasteiger partial charge on any atom is 0.406 e. The molecule has 1 aromatic heterocycles. The van der Waals surface area contributed by atoms with E-state index in [4.69, 9.17) is 5.11 Å². The van der Waals surface area contributed by atoms with E-state index in [1.54, 1.807) is 0 Å². The SMILES string of the molecule is O=C(O)c1ccc(C(=O)N[C@@H]2CCN(CC(F)(F)F)C2=O)s1. The number of halogens is 3. The number of carboxylic acids is 1. The predicted molar refractivity (Wildman–Crippen MR) is 69.8 cm³/mol. The van der Waals surface area contributed by atoms with Crippen LogP contribution in [-0.2, 0) is 4.79 Å². The van der Waals surface area contributed by atoms with E-state index >= 15 is 0 Å². The second-order valence-electron chi connectivity index (χ2n) is 4.66. The van der Waals surface area contributed by atoms with Crippen molar-refractivity contribution >= 4 is 29.1 Å². The Labute approximate surface area is 126 Å². The molecular formula is C12H11F3N2O4S. The summed E-state index contributed by atoms with van der Waals surface area (Å²) in [5.74, 6) is -2.65. The number of amides is 2. The summed E-state index contributed by atoms with van der Waals surface area (Å²) in [4.78, 5) is 35.1. The van der Waals surface area contributed by atoms with Gasteiger partial charge in [-0.25, -0.2) is 4.79 Å². The van der Waals surface area contributed by atoms with Crippen LogP contribution < -0.4 is 5.32 Å². The summed E-state index contributed by atoms with van der Waals surface area (Å²) in [6.45, 7) is -1.44. The molecule has 0 aliphatic carbocycles. The molecule has 1 aliphatic heterocycles. The van der Waals surface area contributed by atoms with Gasteiger partial charge in [0.05, 0.1) is 4.88 Å². The Morgan fingerprint density at radius 2 is 2.00 bits per heavy atom. The third-order valence-electron chi connectivity index (χ3n) is 3.01. The molecule has 1 aliphatic rings. The summed E-state index contributed by atoms with van der Waals surface area (Å²) in [7, 11) is 0. The first-order valence-corrected chi connectivity index (χ1v) is 6.98. The van der Waals surface area contributed by atoms with E-state index in [0.717, 1.165) is 11.3 Å². The first-order valence-electron chi connectivity index (χ1n) is 6.17. The zero-order valence-corrected chi connectivity index (χ0v) is 11.8. The van der Waals surface area contributed by atoms with Crippen molar-refractivity contribution < 1.29 is 32.7 Å². The molecule has 2 heterocycles. The van der Waals surface area contributed by atoms with E-state index < -0.39 is 36.5 Å². The van der Waals surface area contributed by atoms with Crippen LogP contribution in [-0.4, -0.2) is 53.1 Å². The van der Waals surface area contributed by atoms with Crippen LogP contribution in [0.15, 0.2) is 12.1 Å². The molecule has 2 amide bonds. The van der Waals surface area contributed by atoms with Gasteiger partial charge in [-0.05, 0) is 18.6 Å². The molecule has 6 nitrogen and oxygen atoms in total. The van der Waals surface area contributed by atoms with Crippen molar-refractivity contribution in [1.29, 1.82) is 0 Å². The molecule has 10 heteroatoms. The van der Waals surface area contributed by atoms with Crippen LogP contribution in [0.1, 0.15) is 25.8 Å². The van der Waals surface area contributed by atoms with Crippen LogP contribution in [0.4, 0.5) is 13.2 Å². The van der Waals surface area contributed by atoms with Crippen LogP contribution in [0.5, 0.6) is 0 Å². The number of hydrogen-bond donors (Lipinski definition) is 2. The van der Waals surface area contributed by atoms with Gasteiger partial charge in [-0.3, -0.25) is 9.59 Å².